The zero-order valence-corrected chi connectivity index (χ0v) is 14.8. The molecular formula is C19H37NO. The van der Waals surface area contributed by atoms with Crippen LogP contribution in [0.1, 0.15) is 78.6 Å². The second-order valence-corrected chi connectivity index (χ2v) is 7.75. The van der Waals surface area contributed by atoms with Gasteiger partial charge in [-0.1, -0.05) is 52.9 Å². The Morgan fingerprint density at radius 3 is 2.24 bits per heavy atom. The molecular weight excluding hydrogens is 258 g/mol. The highest BCUT2D eigenvalue weighted by molar-refractivity contribution is 4.99. The van der Waals surface area contributed by atoms with E-state index in [1.54, 1.807) is 0 Å². The van der Waals surface area contributed by atoms with Crippen LogP contribution < -0.4 is 5.32 Å². The standard InChI is InChI=1S/C19H37NO/c1-5-20-18(17-11-10-15(2)16(3)14-17)19(21-4)12-8-6-7-9-13-19/h15-18,20H,5-14H2,1-4H3. The average molecular weight is 296 g/mol. The van der Waals surface area contributed by atoms with Gasteiger partial charge in [-0.3, -0.25) is 0 Å². The summed E-state index contributed by atoms with van der Waals surface area (Å²) in [5.41, 5.74) is 0.0947. The first-order valence-electron chi connectivity index (χ1n) is 9.41. The summed E-state index contributed by atoms with van der Waals surface area (Å²) in [4.78, 5) is 0. The van der Waals surface area contributed by atoms with Gasteiger partial charge in [0.15, 0.2) is 0 Å². The van der Waals surface area contributed by atoms with Gasteiger partial charge in [0.1, 0.15) is 0 Å². The van der Waals surface area contributed by atoms with Crippen LogP contribution in [0.4, 0.5) is 0 Å². The molecule has 2 aliphatic carbocycles. The Balaban J connectivity index is 2.15. The van der Waals surface area contributed by atoms with E-state index in [0.29, 0.717) is 6.04 Å². The first-order valence-corrected chi connectivity index (χ1v) is 9.41. The molecule has 0 aromatic rings. The molecule has 0 saturated heterocycles. The second kappa shape index (κ2) is 7.97. The highest BCUT2D eigenvalue weighted by Gasteiger charge is 2.44. The van der Waals surface area contributed by atoms with Crippen molar-refractivity contribution in [2.45, 2.75) is 90.2 Å². The van der Waals surface area contributed by atoms with Gasteiger partial charge in [0.25, 0.3) is 0 Å². The van der Waals surface area contributed by atoms with Gasteiger partial charge in [0.05, 0.1) is 5.60 Å². The van der Waals surface area contributed by atoms with Gasteiger partial charge < -0.3 is 10.1 Å². The van der Waals surface area contributed by atoms with Gasteiger partial charge in [-0.05, 0) is 50.0 Å². The smallest absolute Gasteiger partial charge is 0.0833 e. The van der Waals surface area contributed by atoms with Gasteiger partial charge >= 0.3 is 0 Å². The Labute approximate surface area is 132 Å². The van der Waals surface area contributed by atoms with Crippen LogP contribution in [0.3, 0.4) is 0 Å². The van der Waals surface area contributed by atoms with Crippen LogP contribution in [0.25, 0.3) is 0 Å². The molecule has 0 radical (unpaired) electrons. The van der Waals surface area contributed by atoms with Crippen molar-refractivity contribution in [1.29, 1.82) is 0 Å². The predicted molar refractivity (Wildman–Crippen MR) is 90.6 cm³/mol. The average Bonchev–Trinajstić information content (AvgIpc) is 2.74. The van der Waals surface area contributed by atoms with Crippen molar-refractivity contribution in [1.82, 2.24) is 5.32 Å². The zero-order valence-electron chi connectivity index (χ0n) is 14.8. The number of ether oxygens (including phenoxy) is 1. The molecule has 2 heteroatoms. The maximum atomic E-state index is 6.23. The highest BCUT2D eigenvalue weighted by Crippen LogP contribution is 2.42. The van der Waals surface area contributed by atoms with E-state index in [9.17, 15) is 0 Å². The van der Waals surface area contributed by atoms with Gasteiger partial charge in [-0.25, -0.2) is 0 Å². The van der Waals surface area contributed by atoms with Gasteiger partial charge in [-0.2, -0.15) is 0 Å². The maximum absolute atomic E-state index is 6.23. The molecule has 0 aliphatic heterocycles. The first-order chi connectivity index (χ1) is 10.1. The van der Waals surface area contributed by atoms with Crippen LogP contribution in [0, 0.1) is 17.8 Å². The molecule has 0 bridgehead atoms. The quantitative estimate of drug-likeness (QED) is 0.737. The molecule has 0 amide bonds. The minimum absolute atomic E-state index is 0.0947. The van der Waals surface area contributed by atoms with Crippen LogP contribution in [0.2, 0.25) is 0 Å². The monoisotopic (exact) mass is 295 g/mol. The molecule has 4 unspecified atom stereocenters. The van der Waals surface area contributed by atoms with E-state index in [1.165, 1.54) is 57.8 Å². The number of methoxy groups -OCH3 is 1. The van der Waals surface area contributed by atoms with Crippen LogP contribution in [-0.4, -0.2) is 25.3 Å². The zero-order chi connectivity index (χ0) is 15.3. The normalized spacial score (nSPS) is 35.1. The molecule has 0 aromatic carbocycles. The van der Waals surface area contributed by atoms with Gasteiger partial charge in [0, 0.05) is 13.2 Å². The van der Waals surface area contributed by atoms with Crippen molar-refractivity contribution in [3.63, 3.8) is 0 Å². The van der Waals surface area contributed by atoms with E-state index >= 15 is 0 Å². The lowest BCUT2D eigenvalue weighted by atomic mass is 9.68. The van der Waals surface area contributed by atoms with Crippen molar-refractivity contribution < 1.29 is 4.74 Å². The minimum atomic E-state index is 0.0947. The van der Waals surface area contributed by atoms with E-state index < -0.39 is 0 Å². The summed E-state index contributed by atoms with van der Waals surface area (Å²) < 4.78 is 6.23. The fourth-order valence-corrected chi connectivity index (χ4v) is 4.86. The second-order valence-electron chi connectivity index (χ2n) is 7.75. The number of rotatable bonds is 5. The Morgan fingerprint density at radius 2 is 1.71 bits per heavy atom. The summed E-state index contributed by atoms with van der Waals surface area (Å²) in [7, 11) is 1.96. The lowest BCUT2D eigenvalue weighted by molar-refractivity contribution is -0.0756. The molecule has 21 heavy (non-hydrogen) atoms. The van der Waals surface area contributed by atoms with E-state index in [2.05, 4.69) is 26.1 Å². The molecule has 2 nitrogen and oxygen atoms in total. The topological polar surface area (TPSA) is 21.3 Å². The summed E-state index contributed by atoms with van der Waals surface area (Å²) in [6, 6.07) is 0.556. The van der Waals surface area contributed by atoms with Crippen molar-refractivity contribution in [3.8, 4) is 0 Å². The largest absolute Gasteiger partial charge is 0.377 e. The lowest BCUT2D eigenvalue weighted by Crippen LogP contribution is -2.56. The number of likely N-dealkylation sites (N-methyl/N-ethyl adjacent to an activating group) is 1. The molecule has 2 fully saturated rings. The van der Waals surface area contributed by atoms with Crippen molar-refractivity contribution in [3.05, 3.63) is 0 Å². The van der Waals surface area contributed by atoms with Gasteiger partial charge in [0.2, 0.25) is 0 Å². The van der Waals surface area contributed by atoms with E-state index in [1.807, 2.05) is 7.11 Å². The Kier molecular flexibility index (Phi) is 6.55. The lowest BCUT2D eigenvalue weighted by Gasteiger charge is -2.47. The molecule has 2 rings (SSSR count). The van der Waals surface area contributed by atoms with E-state index in [0.717, 1.165) is 24.3 Å². The number of hydrogen-bond donors (Lipinski definition) is 1. The molecule has 2 saturated carbocycles. The summed E-state index contributed by atoms with van der Waals surface area (Å²) >= 11 is 0. The van der Waals surface area contributed by atoms with Crippen LogP contribution in [0.5, 0.6) is 0 Å². The van der Waals surface area contributed by atoms with Gasteiger partial charge in [-0.15, -0.1) is 0 Å². The fraction of sp³-hybridized carbons (Fsp3) is 1.00. The summed E-state index contributed by atoms with van der Waals surface area (Å²) in [6.45, 7) is 8.20. The molecule has 1 N–H and O–H groups in total. The highest BCUT2D eigenvalue weighted by atomic mass is 16.5. The SMILES string of the molecule is CCNC(C1CCC(C)C(C)C1)C1(OC)CCCCCC1. The van der Waals surface area contributed by atoms with Crippen molar-refractivity contribution in [2.24, 2.45) is 17.8 Å². The molecule has 4 atom stereocenters. The predicted octanol–water partition coefficient (Wildman–Crippen LogP) is 4.78. The summed E-state index contributed by atoms with van der Waals surface area (Å²) in [6.07, 6.45) is 12.1. The third-order valence-corrected chi connectivity index (χ3v) is 6.46. The van der Waals surface area contributed by atoms with E-state index in [4.69, 9.17) is 4.74 Å². The van der Waals surface area contributed by atoms with E-state index in [-0.39, 0.29) is 5.60 Å². The molecule has 0 heterocycles. The number of nitrogens with one attached hydrogen (secondary N) is 1. The summed E-state index contributed by atoms with van der Waals surface area (Å²) in [5, 5.41) is 3.85. The Morgan fingerprint density at radius 1 is 1.05 bits per heavy atom. The number of hydrogen-bond acceptors (Lipinski definition) is 2. The van der Waals surface area contributed by atoms with Crippen molar-refractivity contribution >= 4 is 0 Å². The van der Waals surface area contributed by atoms with Crippen LogP contribution >= 0.6 is 0 Å². The van der Waals surface area contributed by atoms with Crippen LogP contribution in [0.15, 0.2) is 0 Å². The first kappa shape index (κ1) is 17.3. The molecule has 2 aliphatic rings. The third-order valence-electron chi connectivity index (χ3n) is 6.46. The van der Waals surface area contributed by atoms with Crippen LogP contribution in [-0.2, 0) is 4.74 Å². The Bertz CT molecular complexity index is 296. The maximum Gasteiger partial charge on any atom is 0.0833 e. The molecule has 124 valence electrons. The fourth-order valence-electron chi connectivity index (χ4n) is 4.86. The Hall–Kier alpha value is -0.0800. The van der Waals surface area contributed by atoms with Crippen molar-refractivity contribution in [2.75, 3.05) is 13.7 Å². The molecule has 0 spiro atoms. The summed E-state index contributed by atoms with van der Waals surface area (Å²) in [5.74, 6) is 2.56. The minimum Gasteiger partial charge on any atom is -0.377 e. The third kappa shape index (κ3) is 4.01. The molecule has 0 aromatic heterocycles.